The molecule has 3 rings (SSSR count). The zero-order valence-electron chi connectivity index (χ0n) is 16.0. The second-order valence-corrected chi connectivity index (χ2v) is 8.54. The molecule has 7 heteroatoms. The maximum atomic E-state index is 12.4. The van der Waals surface area contributed by atoms with Crippen molar-refractivity contribution in [3.05, 3.63) is 34.6 Å². The van der Waals surface area contributed by atoms with E-state index in [4.69, 9.17) is 11.6 Å². The highest BCUT2D eigenvalue weighted by Gasteiger charge is 2.29. The van der Waals surface area contributed by atoms with Crippen LogP contribution in [0.1, 0.15) is 49.7 Å². The summed E-state index contributed by atoms with van der Waals surface area (Å²) >= 11 is 6.06. The Bertz CT molecular complexity index is 905. The fraction of sp³-hybridized carbons (Fsp3) is 0.450. The molecule has 1 aliphatic carbocycles. The Balaban J connectivity index is 1.98. The highest BCUT2D eigenvalue weighted by Crippen LogP contribution is 2.31. The van der Waals surface area contributed by atoms with Crippen molar-refractivity contribution in [2.75, 3.05) is 18.5 Å². The van der Waals surface area contributed by atoms with Crippen molar-refractivity contribution in [1.82, 2.24) is 15.0 Å². The van der Waals surface area contributed by atoms with E-state index in [0.29, 0.717) is 52.9 Å². The van der Waals surface area contributed by atoms with Crippen molar-refractivity contribution in [3.8, 4) is 11.5 Å². The van der Waals surface area contributed by atoms with Crippen LogP contribution in [0.15, 0.2) is 18.3 Å². The molecule has 2 heterocycles. The summed E-state index contributed by atoms with van der Waals surface area (Å²) in [4.78, 5) is 39.9. The molecule has 6 nitrogen and oxygen atoms in total. The molecule has 1 aliphatic rings. The summed E-state index contributed by atoms with van der Waals surface area (Å²) in [5.74, 6) is 1.02. The zero-order valence-corrected chi connectivity index (χ0v) is 16.8. The summed E-state index contributed by atoms with van der Waals surface area (Å²) in [6.07, 6.45) is 3.03. The van der Waals surface area contributed by atoms with Gasteiger partial charge in [0, 0.05) is 31.1 Å². The van der Waals surface area contributed by atoms with Gasteiger partial charge in [0.15, 0.2) is 17.4 Å². The fourth-order valence-corrected chi connectivity index (χ4v) is 3.38. The van der Waals surface area contributed by atoms with E-state index in [1.807, 2.05) is 20.8 Å². The molecular weight excluding hydrogens is 364 g/mol. The van der Waals surface area contributed by atoms with Crippen molar-refractivity contribution in [1.29, 1.82) is 0 Å². The number of carbonyl (C=O) groups excluding carboxylic acids is 2. The molecule has 0 amide bonds. The number of pyridine rings is 1. The lowest BCUT2D eigenvalue weighted by atomic mass is 9.90. The van der Waals surface area contributed by atoms with Crippen molar-refractivity contribution < 1.29 is 9.59 Å². The maximum Gasteiger partial charge on any atom is 0.180 e. The average Bonchev–Trinajstić information content (AvgIpc) is 2.93. The van der Waals surface area contributed by atoms with Gasteiger partial charge in [0.2, 0.25) is 0 Å². The molecule has 0 fully saturated rings. The first-order chi connectivity index (χ1) is 12.6. The quantitative estimate of drug-likeness (QED) is 0.778. The summed E-state index contributed by atoms with van der Waals surface area (Å²) in [5.41, 5.74) is 1.68. The number of carbonyl (C=O) groups is 2. The van der Waals surface area contributed by atoms with Crippen LogP contribution in [0.4, 0.5) is 5.82 Å². The summed E-state index contributed by atoms with van der Waals surface area (Å²) in [7, 11) is 1.78. The van der Waals surface area contributed by atoms with Gasteiger partial charge >= 0.3 is 0 Å². The number of anilines is 1. The van der Waals surface area contributed by atoms with Gasteiger partial charge in [-0.2, -0.15) is 0 Å². The first kappa shape index (κ1) is 19.4. The molecule has 0 atom stereocenters. The van der Waals surface area contributed by atoms with Gasteiger partial charge in [0.1, 0.15) is 11.5 Å². The molecule has 2 aromatic rings. The highest BCUT2D eigenvalue weighted by molar-refractivity contribution is 6.30. The number of hydrogen-bond donors (Lipinski definition) is 0. The highest BCUT2D eigenvalue weighted by atomic mass is 35.5. The van der Waals surface area contributed by atoms with E-state index < -0.39 is 0 Å². The van der Waals surface area contributed by atoms with E-state index in [9.17, 15) is 9.59 Å². The minimum atomic E-state index is -0.0861. The summed E-state index contributed by atoms with van der Waals surface area (Å²) < 4.78 is 0. The Hall–Kier alpha value is -2.34. The van der Waals surface area contributed by atoms with Crippen molar-refractivity contribution in [2.24, 2.45) is 5.41 Å². The van der Waals surface area contributed by atoms with Crippen LogP contribution in [0.2, 0.25) is 5.02 Å². The number of aromatic nitrogens is 3. The number of fused-ring (bicyclic) bond motifs is 1. The average molecular weight is 387 g/mol. The van der Waals surface area contributed by atoms with Crippen molar-refractivity contribution >= 4 is 29.0 Å². The van der Waals surface area contributed by atoms with Crippen LogP contribution < -0.4 is 4.90 Å². The summed E-state index contributed by atoms with van der Waals surface area (Å²) in [6, 6.07) is 3.37. The smallest absolute Gasteiger partial charge is 0.180 e. The normalized spacial score (nSPS) is 13.6. The molecule has 142 valence electrons. The lowest BCUT2D eigenvalue weighted by molar-refractivity contribution is -0.119. The number of Topliss-reactive ketones (excluding diaryl/α,β-unsaturated/α-hetero) is 2. The van der Waals surface area contributed by atoms with Crippen LogP contribution in [-0.2, 0) is 11.2 Å². The predicted molar refractivity (Wildman–Crippen MR) is 105 cm³/mol. The summed E-state index contributed by atoms with van der Waals surface area (Å²) in [6.45, 7) is 6.27. The molecule has 0 N–H and O–H groups in total. The molecule has 0 bridgehead atoms. The third kappa shape index (κ3) is 4.50. The van der Waals surface area contributed by atoms with Crippen LogP contribution >= 0.6 is 11.6 Å². The Morgan fingerprint density at radius 2 is 2.00 bits per heavy atom. The minimum Gasteiger partial charge on any atom is -0.352 e. The van der Waals surface area contributed by atoms with E-state index in [2.05, 4.69) is 15.0 Å². The molecule has 0 aliphatic heterocycles. The molecule has 0 unspecified atom stereocenters. The van der Waals surface area contributed by atoms with Gasteiger partial charge in [-0.25, -0.2) is 9.97 Å². The zero-order chi connectivity index (χ0) is 19.8. The molecule has 27 heavy (non-hydrogen) atoms. The molecule has 0 saturated heterocycles. The number of likely N-dealkylation sites (N-methyl/N-ethyl adjacent to an activating group) is 1. The van der Waals surface area contributed by atoms with Gasteiger partial charge < -0.3 is 4.90 Å². The van der Waals surface area contributed by atoms with E-state index >= 15 is 0 Å². The molecule has 2 aromatic heterocycles. The lowest BCUT2D eigenvalue weighted by Gasteiger charge is -2.23. The van der Waals surface area contributed by atoms with E-state index in [0.717, 1.165) is 0 Å². The van der Waals surface area contributed by atoms with E-state index in [1.54, 1.807) is 30.3 Å². The first-order valence-electron chi connectivity index (χ1n) is 8.93. The maximum absolute atomic E-state index is 12.4. The number of halogens is 1. The third-order valence-corrected chi connectivity index (χ3v) is 4.52. The lowest BCUT2D eigenvalue weighted by Crippen LogP contribution is -2.30. The van der Waals surface area contributed by atoms with Crippen molar-refractivity contribution in [2.45, 2.75) is 40.0 Å². The number of nitrogens with zero attached hydrogens (tertiary/aromatic N) is 4. The van der Waals surface area contributed by atoms with Crippen LogP contribution in [0, 0.1) is 5.41 Å². The fourth-order valence-electron chi connectivity index (χ4n) is 3.22. The number of ketones is 2. The van der Waals surface area contributed by atoms with E-state index in [-0.39, 0.29) is 23.5 Å². The molecule has 0 aromatic carbocycles. The van der Waals surface area contributed by atoms with Crippen LogP contribution in [0.5, 0.6) is 0 Å². The van der Waals surface area contributed by atoms with Crippen LogP contribution in [0.25, 0.3) is 11.5 Å². The van der Waals surface area contributed by atoms with Gasteiger partial charge in [0.25, 0.3) is 0 Å². The van der Waals surface area contributed by atoms with Crippen LogP contribution in [0.3, 0.4) is 0 Å². The molecule has 0 spiro atoms. The van der Waals surface area contributed by atoms with Gasteiger partial charge in [-0.15, -0.1) is 0 Å². The van der Waals surface area contributed by atoms with Gasteiger partial charge in [-0.3, -0.25) is 14.6 Å². The Morgan fingerprint density at radius 3 is 2.67 bits per heavy atom. The van der Waals surface area contributed by atoms with Crippen molar-refractivity contribution in [3.63, 3.8) is 0 Å². The number of aryl methyl sites for hydroxylation is 1. The van der Waals surface area contributed by atoms with Gasteiger partial charge in [-0.05, 0) is 24.0 Å². The Labute approximate surface area is 164 Å². The van der Waals surface area contributed by atoms with Gasteiger partial charge in [0.05, 0.1) is 17.8 Å². The first-order valence-corrected chi connectivity index (χ1v) is 9.31. The minimum absolute atomic E-state index is 0.0146. The second kappa shape index (κ2) is 7.35. The van der Waals surface area contributed by atoms with Crippen LogP contribution in [-0.4, -0.2) is 40.1 Å². The SMILES string of the molecule is CN(CC(=O)CC(C)(C)C)c1nc(-c2cc(Cl)ccn2)nc2c1C(=O)CC2. The monoisotopic (exact) mass is 386 g/mol. The Morgan fingerprint density at radius 1 is 1.26 bits per heavy atom. The Kier molecular flexibility index (Phi) is 5.29. The standard InChI is InChI=1S/C20H23ClN4O2/c1-20(2,3)10-13(26)11-25(4)19-17-14(5-6-16(17)27)23-18(24-19)15-9-12(21)7-8-22-15/h7-9H,5-6,10-11H2,1-4H3. The topological polar surface area (TPSA) is 76.1 Å². The molecular formula is C20H23ClN4O2. The number of hydrogen-bond acceptors (Lipinski definition) is 6. The molecule has 0 radical (unpaired) electrons. The molecule has 0 saturated carbocycles. The van der Waals surface area contributed by atoms with E-state index in [1.165, 1.54) is 0 Å². The van der Waals surface area contributed by atoms with Gasteiger partial charge in [-0.1, -0.05) is 32.4 Å². The predicted octanol–water partition coefficient (Wildman–Crippen LogP) is 3.76. The third-order valence-electron chi connectivity index (χ3n) is 4.29. The second-order valence-electron chi connectivity index (χ2n) is 8.11. The summed E-state index contributed by atoms with van der Waals surface area (Å²) in [5, 5.41) is 0.537. The number of rotatable bonds is 5. The largest absolute Gasteiger partial charge is 0.352 e.